The molecule has 5 heteroatoms. The van der Waals surface area contributed by atoms with Crippen LogP contribution in [0.1, 0.15) is 5.56 Å². The highest BCUT2D eigenvalue weighted by atomic mass is 79.9. The molecule has 3 aromatic rings. The minimum atomic E-state index is 0.614. The zero-order valence-corrected chi connectivity index (χ0v) is 12.2. The zero-order valence-electron chi connectivity index (χ0n) is 10.6. The lowest BCUT2D eigenvalue weighted by Crippen LogP contribution is -1.86. The van der Waals surface area contributed by atoms with Crippen LogP contribution in [0, 0.1) is 11.3 Å². The number of fused-ring (bicyclic) bond motifs is 1. The van der Waals surface area contributed by atoms with Crippen molar-refractivity contribution in [1.29, 1.82) is 5.26 Å². The first-order chi connectivity index (χ1) is 9.71. The van der Waals surface area contributed by atoms with Gasteiger partial charge in [-0.2, -0.15) is 5.26 Å². The van der Waals surface area contributed by atoms with Gasteiger partial charge in [-0.05, 0) is 52.3 Å². The number of aromatic amines is 1. The Balaban J connectivity index is 2.10. The number of halogens is 1. The number of rotatable bonds is 2. The van der Waals surface area contributed by atoms with E-state index in [2.05, 4.69) is 32.0 Å². The van der Waals surface area contributed by atoms with Gasteiger partial charge in [-0.15, -0.1) is 0 Å². The van der Waals surface area contributed by atoms with Crippen LogP contribution < -0.4 is 4.74 Å². The molecule has 0 amide bonds. The zero-order chi connectivity index (χ0) is 14.1. The third-order valence-electron chi connectivity index (χ3n) is 3.04. The number of benzene rings is 2. The summed E-state index contributed by atoms with van der Waals surface area (Å²) in [7, 11) is 1.63. The highest BCUT2D eigenvalue weighted by Crippen LogP contribution is 2.30. The van der Waals surface area contributed by atoms with E-state index >= 15 is 0 Å². The van der Waals surface area contributed by atoms with Gasteiger partial charge in [0.05, 0.1) is 34.2 Å². The minimum Gasteiger partial charge on any atom is -0.496 e. The Labute approximate surface area is 124 Å². The number of aromatic nitrogens is 2. The Morgan fingerprint density at radius 3 is 2.80 bits per heavy atom. The summed E-state index contributed by atoms with van der Waals surface area (Å²) in [5, 5.41) is 8.91. The van der Waals surface area contributed by atoms with Crippen molar-refractivity contribution in [1.82, 2.24) is 9.97 Å². The second-order valence-electron chi connectivity index (χ2n) is 4.28. The maximum atomic E-state index is 8.91. The van der Waals surface area contributed by atoms with Crippen LogP contribution in [-0.2, 0) is 0 Å². The molecule has 0 atom stereocenters. The standard InChI is InChI=1S/C15H10BrN3O/c1-20-14-5-3-10(7-11(14)16)15-18-12-4-2-9(8-17)6-13(12)19-15/h2-7H,1H3,(H,18,19). The first-order valence-corrected chi connectivity index (χ1v) is 6.74. The highest BCUT2D eigenvalue weighted by Gasteiger charge is 2.08. The normalized spacial score (nSPS) is 10.4. The molecule has 0 saturated heterocycles. The van der Waals surface area contributed by atoms with E-state index in [0.29, 0.717) is 5.56 Å². The van der Waals surface area contributed by atoms with Crippen LogP contribution in [-0.4, -0.2) is 17.1 Å². The molecular formula is C15H10BrN3O. The van der Waals surface area contributed by atoms with Crippen molar-refractivity contribution < 1.29 is 4.74 Å². The van der Waals surface area contributed by atoms with Gasteiger partial charge < -0.3 is 9.72 Å². The average Bonchev–Trinajstić information content (AvgIpc) is 2.89. The number of ether oxygens (including phenoxy) is 1. The fourth-order valence-electron chi connectivity index (χ4n) is 2.03. The summed E-state index contributed by atoms with van der Waals surface area (Å²) >= 11 is 3.46. The average molecular weight is 328 g/mol. The molecule has 4 nitrogen and oxygen atoms in total. The molecule has 3 rings (SSSR count). The Hall–Kier alpha value is -2.32. The minimum absolute atomic E-state index is 0.614. The van der Waals surface area contributed by atoms with E-state index in [1.807, 2.05) is 24.3 Å². The summed E-state index contributed by atoms with van der Waals surface area (Å²) in [6, 6.07) is 13.3. The van der Waals surface area contributed by atoms with E-state index in [1.165, 1.54) is 0 Å². The van der Waals surface area contributed by atoms with Crippen molar-refractivity contribution in [2.75, 3.05) is 7.11 Å². The van der Waals surface area contributed by atoms with Gasteiger partial charge in [0.2, 0.25) is 0 Å². The van der Waals surface area contributed by atoms with Gasteiger partial charge in [-0.25, -0.2) is 4.98 Å². The SMILES string of the molecule is COc1ccc(-c2nc3ccc(C#N)cc3[nH]2)cc1Br. The molecule has 0 aliphatic carbocycles. The molecule has 1 heterocycles. The maximum absolute atomic E-state index is 8.91. The summed E-state index contributed by atoms with van der Waals surface area (Å²) in [5.41, 5.74) is 3.26. The quantitative estimate of drug-likeness (QED) is 0.777. The van der Waals surface area contributed by atoms with Crippen LogP contribution in [0.4, 0.5) is 0 Å². The van der Waals surface area contributed by atoms with Crippen molar-refractivity contribution >= 4 is 27.0 Å². The number of nitrogens with zero attached hydrogens (tertiary/aromatic N) is 2. The van der Waals surface area contributed by atoms with E-state index in [4.69, 9.17) is 10.00 Å². The molecule has 0 aliphatic rings. The van der Waals surface area contributed by atoms with E-state index in [-0.39, 0.29) is 0 Å². The van der Waals surface area contributed by atoms with Crippen LogP contribution in [0.2, 0.25) is 0 Å². The third-order valence-corrected chi connectivity index (χ3v) is 3.66. The first kappa shape index (κ1) is 12.7. The molecule has 2 aromatic carbocycles. The van der Waals surface area contributed by atoms with E-state index in [1.54, 1.807) is 19.2 Å². The first-order valence-electron chi connectivity index (χ1n) is 5.95. The summed E-state index contributed by atoms with van der Waals surface area (Å²) in [5.74, 6) is 1.54. The topological polar surface area (TPSA) is 61.7 Å². The molecule has 0 radical (unpaired) electrons. The molecule has 0 spiro atoms. The third kappa shape index (κ3) is 2.15. The summed E-state index contributed by atoms with van der Waals surface area (Å²) in [6.45, 7) is 0. The lowest BCUT2D eigenvalue weighted by molar-refractivity contribution is 0.412. The van der Waals surface area contributed by atoms with Crippen molar-refractivity contribution in [2.45, 2.75) is 0 Å². The van der Waals surface area contributed by atoms with Gasteiger partial charge in [0, 0.05) is 5.56 Å². The Morgan fingerprint density at radius 2 is 2.10 bits per heavy atom. The van der Waals surface area contributed by atoms with Crippen molar-refractivity contribution in [2.24, 2.45) is 0 Å². The molecule has 1 N–H and O–H groups in total. The van der Waals surface area contributed by atoms with Gasteiger partial charge >= 0.3 is 0 Å². The van der Waals surface area contributed by atoms with Gasteiger partial charge in [0.15, 0.2) is 0 Å². The Morgan fingerprint density at radius 1 is 1.25 bits per heavy atom. The molecule has 98 valence electrons. The van der Waals surface area contributed by atoms with E-state index < -0.39 is 0 Å². The van der Waals surface area contributed by atoms with Crippen molar-refractivity contribution in [3.05, 3.63) is 46.4 Å². The highest BCUT2D eigenvalue weighted by molar-refractivity contribution is 9.10. The van der Waals surface area contributed by atoms with Crippen LogP contribution in [0.5, 0.6) is 5.75 Å². The van der Waals surface area contributed by atoms with Gasteiger partial charge in [-0.1, -0.05) is 0 Å². The molecule has 0 bridgehead atoms. The molecule has 0 fully saturated rings. The van der Waals surface area contributed by atoms with E-state index in [9.17, 15) is 0 Å². The van der Waals surface area contributed by atoms with Crippen molar-refractivity contribution in [3.8, 4) is 23.2 Å². The molecule has 0 unspecified atom stereocenters. The molecule has 0 saturated carbocycles. The Kier molecular flexibility index (Phi) is 3.17. The fraction of sp³-hybridized carbons (Fsp3) is 0.0667. The number of methoxy groups -OCH3 is 1. The number of hydrogen-bond acceptors (Lipinski definition) is 3. The number of hydrogen-bond donors (Lipinski definition) is 1. The number of H-pyrrole nitrogens is 1. The van der Waals surface area contributed by atoms with Crippen LogP contribution in [0.25, 0.3) is 22.4 Å². The maximum Gasteiger partial charge on any atom is 0.138 e. The molecule has 20 heavy (non-hydrogen) atoms. The largest absolute Gasteiger partial charge is 0.496 e. The lowest BCUT2D eigenvalue weighted by Gasteiger charge is -2.04. The van der Waals surface area contributed by atoms with Gasteiger partial charge in [0.25, 0.3) is 0 Å². The summed E-state index contributed by atoms with van der Waals surface area (Å²) in [4.78, 5) is 7.76. The van der Waals surface area contributed by atoms with Gasteiger partial charge in [-0.3, -0.25) is 0 Å². The number of imidazole rings is 1. The van der Waals surface area contributed by atoms with Gasteiger partial charge in [0.1, 0.15) is 11.6 Å². The predicted octanol–water partition coefficient (Wildman–Crippen LogP) is 3.87. The Bertz CT molecular complexity index is 833. The van der Waals surface area contributed by atoms with E-state index in [0.717, 1.165) is 32.6 Å². The smallest absolute Gasteiger partial charge is 0.138 e. The predicted molar refractivity (Wildman–Crippen MR) is 80.5 cm³/mol. The monoisotopic (exact) mass is 327 g/mol. The number of nitriles is 1. The molecular weight excluding hydrogens is 318 g/mol. The number of nitrogens with one attached hydrogen (secondary N) is 1. The fourth-order valence-corrected chi connectivity index (χ4v) is 2.57. The second-order valence-corrected chi connectivity index (χ2v) is 5.13. The molecule has 1 aromatic heterocycles. The second kappa shape index (κ2) is 4.99. The van der Waals surface area contributed by atoms with Crippen LogP contribution in [0.3, 0.4) is 0 Å². The van der Waals surface area contributed by atoms with Crippen molar-refractivity contribution in [3.63, 3.8) is 0 Å². The van der Waals surface area contributed by atoms with Crippen LogP contribution >= 0.6 is 15.9 Å². The molecule has 0 aliphatic heterocycles. The lowest BCUT2D eigenvalue weighted by atomic mass is 10.2. The van der Waals surface area contributed by atoms with Crippen LogP contribution in [0.15, 0.2) is 40.9 Å². The summed E-state index contributed by atoms with van der Waals surface area (Å²) in [6.07, 6.45) is 0. The summed E-state index contributed by atoms with van der Waals surface area (Å²) < 4.78 is 6.08.